The van der Waals surface area contributed by atoms with E-state index >= 15 is 0 Å². The van der Waals surface area contributed by atoms with Gasteiger partial charge in [0, 0.05) is 29.9 Å². The lowest BCUT2D eigenvalue weighted by molar-refractivity contribution is 0.262. The molecule has 0 aliphatic rings. The van der Waals surface area contributed by atoms with Gasteiger partial charge in [0.15, 0.2) is 0 Å². The van der Waals surface area contributed by atoms with Crippen LogP contribution >= 0.6 is 0 Å². The number of carbonyl (C=O) groups excluding carboxylic acids is 1. The van der Waals surface area contributed by atoms with Gasteiger partial charge in [-0.25, -0.2) is 9.78 Å². The fourth-order valence-electron chi connectivity index (χ4n) is 4.16. The van der Waals surface area contributed by atoms with E-state index in [1.807, 2.05) is 61.5 Å². The monoisotopic (exact) mass is 456 g/mol. The number of fused-ring (bicyclic) bond motifs is 1. The van der Waals surface area contributed by atoms with Gasteiger partial charge in [-0.05, 0) is 53.8 Å². The topological polar surface area (TPSA) is 85.3 Å². The lowest BCUT2D eigenvalue weighted by Gasteiger charge is -2.19. The number of methoxy groups -OCH3 is 1. The number of nitrogens with zero attached hydrogens (tertiary/aromatic N) is 2. The Morgan fingerprint density at radius 1 is 1.03 bits per heavy atom. The highest BCUT2D eigenvalue weighted by atomic mass is 16.5. The third-order valence-corrected chi connectivity index (χ3v) is 5.90. The van der Waals surface area contributed by atoms with Crippen LogP contribution in [-0.2, 0) is 7.05 Å². The summed E-state index contributed by atoms with van der Waals surface area (Å²) < 4.78 is 6.84. The minimum absolute atomic E-state index is 0.174. The molecule has 0 bridgehead atoms. The van der Waals surface area contributed by atoms with Crippen LogP contribution in [0.5, 0.6) is 5.75 Å². The molecule has 0 radical (unpaired) electrons. The molecule has 0 atom stereocenters. The predicted molar refractivity (Wildman–Crippen MR) is 137 cm³/mol. The average Bonchev–Trinajstić information content (AvgIpc) is 2.83. The second-order valence-electron chi connectivity index (χ2n) is 8.49. The number of amides is 2. The van der Waals surface area contributed by atoms with E-state index in [1.165, 1.54) is 4.57 Å². The number of carbonyl (C=O) groups is 1. The summed E-state index contributed by atoms with van der Waals surface area (Å²) in [6, 6.07) is 16.5. The normalized spacial score (nSPS) is 11.0. The zero-order chi connectivity index (χ0) is 24.4. The molecular formula is C27H28N4O3. The molecule has 2 amide bonds. The van der Waals surface area contributed by atoms with Crippen LogP contribution in [0.4, 0.5) is 16.2 Å². The van der Waals surface area contributed by atoms with Gasteiger partial charge >= 0.3 is 6.03 Å². The SMILES string of the molecule is COc1cccc(-c2c(NC(=O)Nc3c(C)cccc3C(C)C)c(=O)n(C)c3ncccc23)c1. The molecule has 4 rings (SSSR count). The van der Waals surface area contributed by atoms with E-state index in [4.69, 9.17) is 4.74 Å². The number of hydrogen-bond donors (Lipinski definition) is 2. The smallest absolute Gasteiger partial charge is 0.323 e. The van der Waals surface area contributed by atoms with Crippen LogP contribution in [0.15, 0.2) is 65.6 Å². The van der Waals surface area contributed by atoms with Crippen LogP contribution in [0, 0.1) is 6.92 Å². The first-order chi connectivity index (χ1) is 16.3. The van der Waals surface area contributed by atoms with E-state index in [-0.39, 0.29) is 17.2 Å². The summed E-state index contributed by atoms with van der Waals surface area (Å²) in [4.78, 5) is 31.0. The molecule has 0 unspecified atom stereocenters. The van der Waals surface area contributed by atoms with Crippen molar-refractivity contribution in [2.45, 2.75) is 26.7 Å². The number of rotatable bonds is 5. The third kappa shape index (κ3) is 4.24. The van der Waals surface area contributed by atoms with Crippen LogP contribution in [-0.4, -0.2) is 22.7 Å². The Morgan fingerprint density at radius 2 is 1.76 bits per heavy atom. The number of urea groups is 1. The molecular weight excluding hydrogens is 428 g/mol. The van der Waals surface area contributed by atoms with Crippen LogP contribution < -0.4 is 20.9 Å². The van der Waals surface area contributed by atoms with Gasteiger partial charge in [0.05, 0.1) is 7.11 Å². The first kappa shape index (κ1) is 23.0. The average molecular weight is 457 g/mol. The Labute approximate surface area is 198 Å². The van der Waals surface area contributed by atoms with Crippen molar-refractivity contribution in [3.8, 4) is 16.9 Å². The van der Waals surface area contributed by atoms with Gasteiger partial charge in [0.25, 0.3) is 5.56 Å². The highest BCUT2D eigenvalue weighted by Crippen LogP contribution is 2.34. The molecule has 7 heteroatoms. The largest absolute Gasteiger partial charge is 0.497 e. The molecule has 2 N–H and O–H groups in total. The number of hydrogen-bond acceptors (Lipinski definition) is 4. The third-order valence-electron chi connectivity index (χ3n) is 5.90. The van der Waals surface area contributed by atoms with Gasteiger partial charge < -0.3 is 15.4 Å². The molecule has 174 valence electrons. The van der Waals surface area contributed by atoms with Crippen molar-refractivity contribution in [3.63, 3.8) is 0 Å². The van der Waals surface area contributed by atoms with E-state index in [2.05, 4.69) is 29.5 Å². The number of benzene rings is 2. The fraction of sp³-hybridized carbons (Fsp3) is 0.222. The molecule has 2 aromatic carbocycles. The molecule has 2 heterocycles. The maximum Gasteiger partial charge on any atom is 0.323 e. The van der Waals surface area contributed by atoms with Crippen molar-refractivity contribution in [1.29, 1.82) is 0 Å². The Morgan fingerprint density at radius 3 is 2.50 bits per heavy atom. The summed E-state index contributed by atoms with van der Waals surface area (Å²) in [5.41, 5.74) is 4.40. The molecule has 0 aliphatic heterocycles. The van der Waals surface area contributed by atoms with Gasteiger partial charge in [0.2, 0.25) is 0 Å². The van der Waals surface area contributed by atoms with E-state index in [9.17, 15) is 9.59 Å². The Bertz CT molecular complexity index is 1440. The summed E-state index contributed by atoms with van der Waals surface area (Å²) >= 11 is 0. The highest BCUT2D eigenvalue weighted by Gasteiger charge is 2.21. The molecule has 2 aromatic heterocycles. The number of ether oxygens (including phenoxy) is 1. The first-order valence-corrected chi connectivity index (χ1v) is 11.1. The van der Waals surface area contributed by atoms with Gasteiger partial charge in [-0.1, -0.05) is 44.2 Å². The maximum atomic E-state index is 13.4. The number of pyridine rings is 2. The van der Waals surface area contributed by atoms with Gasteiger partial charge in [-0.3, -0.25) is 9.36 Å². The van der Waals surface area contributed by atoms with Crippen LogP contribution in [0.1, 0.15) is 30.9 Å². The molecule has 0 saturated heterocycles. The number of nitrogens with one attached hydrogen (secondary N) is 2. The molecule has 0 aliphatic carbocycles. The van der Waals surface area contributed by atoms with Crippen molar-refractivity contribution >= 4 is 28.4 Å². The number of aryl methyl sites for hydroxylation is 2. The van der Waals surface area contributed by atoms with Crippen molar-refractivity contribution in [3.05, 3.63) is 82.3 Å². The van der Waals surface area contributed by atoms with Gasteiger partial charge in [0.1, 0.15) is 17.1 Å². The molecule has 7 nitrogen and oxygen atoms in total. The van der Waals surface area contributed by atoms with E-state index < -0.39 is 6.03 Å². The Hall–Kier alpha value is -4.13. The van der Waals surface area contributed by atoms with Crippen molar-refractivity contribution in [2.75, 3.05) is 17.7 Å². The highest BCUT2D eigenvalue weighted by molar-refractivity contribution is 6.07. The number of aromatic nitrogens is 2. The summed E-state index contributed by atoms with van der Waals surface area (Å²) in [7, 11) is 3.23. The van der Waals surface area contributed by atoms with E-state index in [0.29, 0.717) is 17.0 Å². The Kier molecular flexibility index (Phi) is 6.36. The number of anilines is 2. The van der Waals surface area contributed by atoms with E-state index in [1.54, 1.807) is 20.4 Å². The maximum absolute atomic E-state index is 13.4. The van der Waals surface area contributed by atoms with Gasteiger partial charge in [-0.2, -0.15) is 0 Å². The summed E-state index contributed by atoms with van der Waals surface area (Å²) in [5, 5.41) is 6.55. The lowest BCUT2D eigenvalue weighted by atomic mass is 9.98. The van der Waals surface area contributed by atoms with Crippen LogP contribution in [0.2, 0.25) is 0 Å². The fourth-order valence-corrected chi connectivity index (χ4v) is 4.16. The molecule has 0 fully saturated rings. The minimum Gasteiger partial charge on any atom is -0.497 e. The molecule has 0 spiro atoms. The summed E-state index contributed by atoms with van der Waals surface area (Å²) in [6.07, 6.45) is 1.64. The number of para-hydroxylation sites is 1. The summed E-state index contributed by atoms with van der Waals surface area (Å²) in [5.74, 6) is 0.870. The van der Waals surface area contributed by atoms with Gasteiger partial charge in [-0.15, -0.1) is 0 Å². The molecule has 0 saturated carbocycles. The molecule has 34 heavy (non-hydrogen) atoms. The van der Waals surface area contributed by atoms with Crippen molar-refractivity contribution < 1.29 is 9.53 Å². The summed E-state index contributed by atoms with van der Waals surface area (Å²) in [6.45, 7) is 6.10. The second kappa shape index (κ2) is 9.39. The zero-order valence-corrected chi connectivity index (χ0v) is 20.0. The predicted octanol–water partition coefficient (Wildman–Crippen LogP) is 5.68. The first-order valence-electron chi connectivity index (χ1n) is 11.1. The van der Waals surface area contributed by atoms with Crippen molar-refractivity contribution in [1.82, 2.24) is 9.55 Å². The van der Waals surface area contributed by atoms with Crippen LogP contribution in [0.25, 0.3) is 22.2 Å². The lowest BCUT2D eigenvalue weighted by Crippen LogP contribution is -2.29. The standard InChI is InChI=1S/C27H28N4O3/c1-16(2)20-12-6-9-17(3)23(20)29-27(33)30-24-22(18-10-7-11-19(15-18)34-5)21-13-8-14-28-25(21)31(4)26(24)32/h6-16H,1-5H3,(H2,29,30,33). The van der Waals surface area contributed by atoms with Crippen LogP contribution in [0.3, 0.4) is 0 Å². The Balaban J connectivity index is 1.86. The molecule has 4 aromatic rings. The van der Waals surface area contributed by atoms with E-state index in [0.717, 1.165) is 27.8 Å². The quantitative estimate of drug-likeness (QED) is 0.404. The second-order valence-corrected chi connectivity index (χ2v) is 8.49. The zero-order valence-electron chi connectivity index (χ0n) is 20.0. The van der Waals surface area contributed by atoms with Crippen molar-refractivity contribution in [2.24, 2.45) is 7.05 Å². The minimum atomic E-state index is -0.485.